The molecule has 0 saturated heterocycles. The molecule has 18 heavy (non-hydrogen) atoms. The van der Waals surface area contributed by atoms with Crippen LogP contribution in [0, 0.1) is 0 Å². The molecule has 0 bridgehead atoms. The van der Waals surface area contributed by atoms with Gasteiger partial charge in [-0.25, -0.2) is 13.1 Å². The highest BCUT2D eigenvalue weighted by Gasteiger charge is 2.29. The summed E-state index contributed by atoms with van der Waals surface area (Å²) in [5.41, 5.74) is 0. The fourth-order valence-electron chi connectivity index (χ4n) is 2.00. The lowest BCUT2D eigenvalue weighted by Gasteiger charge is -2.11. The molecule has 2 unspecified atom stereocenters. The SMILES string of the molecule is CSC1CCC(NS(=O)(=O)c2cc(Cl)c(Br)s2)C1. The molecule has 0 amide bonds. The van der Waals surface area contributed by atoms with Crippen LogP contribution in [0.25, 0.3) is 0 Å². The van der Waals surface area contributed by atoms with Gasteiger partial charge < -0.3 is 0 Å². The normalized spacial score (nSPS) is 24.6. The first-order valence-electron chi connectivity index (χ1n) is 5.42. The average Bonchev–Trinajstić information content (AvgIpc) is 2.87. The van der Waals surface area contributed by atoms with Crippen LogP contribution in [0.2, 0.25) is 5.02 Å². The van der Waals surface area contributed by atoms with E-state index in [2.05, 4.69) is 26.9 Å². The van der Waals surface area contributed by atoms with Gasteiger partial charge in [0.15, 0.2) is 0 Å². The van der Waals surface area contributed by atoms with Crippen LogP contribution >= 0.6 is 50.6 Å². The van der Waals surface area contributed by atoms with Crippen molar-refractivity contribution in [1.82, 2.24) is 4.72 Å². The van der Waals surface area contributed by atoms with Gasteiger partial charge in [0.25, 0.3) is 0 Å². The lowest BCUT2D eigenvalue weighted by molar-refractivity contribution is 0.554. The summed E-state index contributed by atoms with van der Waals surface area (Å²) in [7, 11) is -3.43. The molecule has 1 N–H and O–H groups in total. The molecule has 1 saturated carbocycles. The van der Waals surface area contributed by atoms with Gasteiger partial charge in [-0.2, -0.15) is 11.8 Å². The fraction of sp³-hybridized carbons (Fsp3) is 0.600. The van der Waals surface area contributed by atoms with Gasteiger partial charge in [0.05, 0.1) is 8.81 Å². The van der Waals surface area contributed by atoms with Crippen molar-refractivity contribution in [3.05, 3.63) is 14.9 Å². The quantitative estimate of drug-likeness (QED) is 0.852. The number of nitrogens with one attached hydrogen (secondary N) is 1. The molecular weight excluding hydrogens is 378 g/mol. The Balaban J connectivity index is 2.08. The Bertz CT molecular complexity index is 512. The molecule has 1 heterocycles. The second-order valence-corrected chi connectivity index (χ2v) is 10.0. The molecule has 2 atom stereocenters. The topological polar surface area (TPSA) is 46.2 Å². The highest BCUT2D eigenvalue weighted by molar-refractivity contribution is 9.11. The van der Waals surface area contributed by atoms with Crippen LogP contribution in [0.5, 0.6) is 0 Å². The zero-order chi connectivity index (χ0) is 13.3. The zero-order valence-electron chi connectivity index (χ0n) is 9.65. The molecule has 1 aliphatic rings. The summed E-state index contributed by atoms with van der Waals surface area (Å²) >= 11 is 12.0. The van der Waals surface area contributed by atoms with Crippen molar-refractivity contribution in [2.75, 3.05) is 6.26 Å². The van der Waals surface area contributed by atoms with Crippen LogP contribution < -0.4 is 4.72 Å². The minimum atomic E-state index is -3.43. The molecule has 1 fully saturated rings. The van der Waals surface area contributed by atoms with Crippen LogP contribution in [-0.4, -0.2) is 26.0 Å². The number of sulfonamides is 1. The van der Waals surface area contributed by atoms with Gasteiger partial charge in [-0.3, -0.25) is 0 Å². The molecule has 102 valence electrons. The van der Waals surface area contributed by atoms with Crippen LogP contribution in [0.15, 0.2) is 14.1 Å². The van der Waals surface area contributed by atoms with Crippen molar-refractivity contribution >= 4 is 60.7 Å². The standard InChI is InChI=1S/C10H13BrClNO2S3/c1-16-7-3-2-6(4-7)13-18(14,15)9-5-8(12)10(11)17-9/h5-7,13H,2-4H2,1H3. The Morgan fingerprint density at radius 1 is 1.56 bits per heavy atom. The van der Waals surface area contributed by atoms with Crippen LogP contribution in [-0.2, 0) is 10.0 Å². The third-order valence-electron chi connectivity index (χ3n) is 2.93. The maximum absolute atomic E-state index is 12.2. The summed E-state index contributed by atoms with van der Waals surface area (Å²) in [6, 6.07) is 1.53. The van der Waals surface area contributed by atoms with Crippen LogP contribution in [0.4, 0.5) is 0 Å². The van der Waals surface area contributed by atoms with Crippen molar-refractivity contribution in [2.24, 2.45) is 0 Å². The van der Waals surface area contributed by atoms with E-state index in [0.29, 0.717) is 14.1 Å². The number of halogens is 2. The predicted octanol–water partition coefficient (Wildman–Crippen LogP) is 3.73. The van der Waals surface area contributed by atoms with E-state index in [1.54, 1.807) is 11.8 Å². The van der Waals surface area contributed by atoms with Crippen molar-refractivity contribution < 1.29 is 8.42 Å². The number of thiophene rings is 1. The second kappa shape index (κ2) is 6.01. The molecule has 2 rings (SSSR count). The van der Waals surface area contributed by atoms with Crippen LogP contribution in [0.1, 0.15) is 19.3 Å². The second-order valence-electron chi connectivity index (χ2n) is 4.18. The molecule has 1 aliphatic carbocycles. The van der Waals surface area contributed by atoms with Gasteiger partial charge in [0.2, 0.25) is 10.0 Å². The van der Waals surface area contributed by atoms with Crippen LogP contribution in [0.3, 0.4) is 0 Å². The van der Waals surface area contributed by atoms with Gasteiger partial charge in [-0.15, -0.1) is 11.3 Å². The predicted molar refractivity (Wildman–Crippen MR) is 82.3 cm³/mol. The van der Waals surface area contributed by atoms with Crippen molar-refractivity contribution in [2.45, 2.75) is 34.8 Å². The van der Waals surface area contributed by atoms with E-state index < -0.39 is 10.0 Å². The molecule has 0 aliphatic heterocycles. The van der Waals surface area contributed by atoms with Crippen molar-refractivity contribution in [3.8, 4) is 0 Å². The molecule has 1 aromatic rings. The van der Waals surface area contributed by atoms with E-state index in [9.17, 15) is 8.42 Å². The van der Waals surface area contributed by atoms with Gasteiger partial charge in [-0.1, -0.05) is 11.6 Å². The largest absolute Gasteiger partial charge is 0.250 e. The maximum Gasteiger partial charge on any atom is 0.250 e. The van der Waals surface area contributed by atoms with E-state index >= 15 is 0 Å². The number of hydrogen-bond acceptors (Lipinski definition) is 4. The molecule has 8 heteroatoms. The van der Waals surface area contributed by atoms with E-state index in [-0.39, 0.29) is 10.3 Å². The van der Waals surface area contributed by atoms with Crippen molar-refractivity contribution in [3.63, 3.8) is 0 Å². The number of rotatable bonds is 4. The number of hydrogen-bond donors (Lipinski definition) is 1. The van der Waals surface area contributed by atoms with E-state index in [0.717, 1.165) is 30.6 Å². The highest BCUT2D eigenvalue weighted by Crippen LogP contribution is 2.35. The summed E-state index contributed by atoms with van der Waals surface area (Å²) in [6.07, 6.45) is 4.95. The molecule has 1 aromatic heterocycles. The molecule has 3 nitrogen and oxygen atoms in total. The minimum absolute atomic E-state index is 0.0482. The van der Waals surface area contributed by atoms with E-state index in [1.807, 2.05) is 0 Å². The smallest absolute Gasteiger partial charge is 0.207 e. The average molecular weight is 391 g/mol. The first-order chi connectivity index (χ1) is 8.42. The van der Waals surface area contributed by atoms with Crippen molar-refractivity contribution in [1.29, 1.82) is 0 Å². The molecule has 0 radical (unpaired) electrons. The van der Waals surface area contributed by atoms with E-state index in [4.69, 9.17) is 11.6 Å². The summed E-state index contributed by atoms with van der Waals surface area (Å²) in [4.78, 5) is 0. The third-order valence-corrected chi connectivity index (χ3v) is 8.49. The first kappa shape index (κ1) is 15.1. The van der Waals surface area contributed by atoms with Gasteiger partial charge in [0, 0.05) is 11.3 Å². The van der Waals surface area contributed by atoms with Gasteiger partial charge in [0.1, 0.15) is 4.21 Å². The van der Waals surface area contributed by atoms with Gasteiger partial charge >= 0.3 is 0 Å². The summed E-state index contributed by atoms with van der Waals surface area (Å²) in [5.74, 6) is 0. The summed E-state index contributed by atoms with van der Waals surface area (Å²) < 4.78 is 28.0. The summed E-state index contributed by atoms with van der Waals surface area (Å²) in [5, 5.41) is 1.00. The van der Waals surface area contributed by atoms with E-state index in [1.165, 1.54) is 6.07 Å². The molecular formula is C10H13BrClNO2S3. The highest BCUT2D eigenvalue weighted by atomic mass is 79.9. The Labute approximate surface area is 129 Å². The zero-order valence-corrected chi connectivity index (χ0v) is 14.4. The Kier molecular flexibility index (Phi) is 5.05. The molecule has 0 spiro atoms. The Morgan fingerprint density at radius 2 is 2.28 bits per heavy atom. The molecule has 0 aromatic carbocycles. The third kappa shape index (κ3) is 3.43. The fourth-order valence-corrected chi connectivity index (χ4v) is 6.49. The minimum Gasteiger partial charge on any atom is -0.207 e. The monoisotopic (exact) mass is 389 g/mol. The lowest BCUT2D eigenvalue weighted by atomic mass is 10.3. The first-order valence-corrected chi connectivity index (χ1v) is 10.2. The Morgan fingerprint density at radius 3 is 2.78 bits per heavy atom. The lowest BCUT2D eigenvalue weighted by Crippen LogP contribution is -2.32. The summed E-state index contributed by atoms with van der Waals surface area (Å²) in [6.45, 7) is 0. The Hall–Kier alpha value is 0.730. The maximum atomic E-state index is 12.2. The van der Waals surface area contributed by atoms with Gasteiger partial charge in [-0.05, 0) is 47.5 Å². The number of thioether (sulfide) groups is 1.